The Labute approximate surface area is 139 Å². The first-order valence-corrected chi connectivity index (χ1v) is 8.39. The van der Waals surface area contributed by atoms with Gasteiger partial charge in [0.1, 0.15) is 5.75 Å². The molecule has 23 heavy (non-hydrogen) atoms. The molecule has 2 heteroatoms. The highest BCUT2D eigenvalue weighted by molar-refractivity contribution is 5.42. The molecule has 2 nitrogen and oxygen atoms in total. The summed E-state index contributed by atoms with van der Waals surface area (Å²) in [7, 11) is 0. The molecular weight excluding hydrogens is 284 g/mol. The molecule has 122 valence electrons. The molecule has 0 amide bonds. The highest BCUT2D eigenvalue weighted by Gasteiger charge is 2.26. The molecule has 0 fully saturated rings. The average molecular weight is 310 g/mol. The molecular formula is C21H26O2. The summed E-state index contributed by atoms with van der Waals surface area (Å²) < 4.78 is 11.2. The second-order valence-electron chi connectivity index (χ2n) is 7.10. The third-order valence-electron chi connectivity index (χ3n) is 4.64. The largest absolute Gasteiger partial charge is 0.493 e. The van der Waals surface area contributed by atoms with E-state index in [0.717, 1.165) is 31.8 Å². The Morgan fingerprint density at radius 1 is 0.913 bits per heavy atom. The van der Waals surface area contributed by atoms with Crippen molar-refractivity contribution >= 4 is 0 Å². The SMILES string of the molecule is Cc1cccc2c1COC(C)(C)C2.Cc1cccc2c1OCC2. The van der Waals surface area contributed by atoms with Crippen LogP contribution in [0, 0.1) is 13.8 Å². The quantitative estimate of drug-likeness (QED) is 0.697. The van der Waals surface area contributed by atoms with Crippen LogP contribution < -0.4 is 4.74 Å². The topological polar surface area (TPSA) is 18.5 Å². The third kappa shape index (κ3) is 3.59. The highest BCUT2D eigenvalue weighted by Crippen LogP contribution is 2.29. The maximum atomic E-state index is 5.77. The van der Waals surface area contributed by atoms with Crippen LogP contribution in [0.25, 0.3) is 0 Å². The summed E-state index contributed by atoms with van der Waals surface area (Å²) >= 11 is 0. The van der Waals surface area contributed by atoms with Crippen molar-refractivity contribution in [2.75, 3.05) is 6.61 Å². The van der Waals surface area contributed by atoms with Crippen molar-refractivity contribution in [2.45, 2.75) is 52.7 Å². The Morgan fingerprint density at radius 3 is 2.35 bits per heavy atom. The zero-order chi connectivity index (χ0) is 16.4. The maximum absolute atomic E-state index is 5.77. The van der Waals surface area contributed by atoms with Crippen LogP contribution >= 0.6 is 0 Å². The summed E-state index contributed by atoms with van der Waals surface area (Å²) in [4.78, 5) is 0. The highest BCUT2D eigenvalue weighted by atomic mass is 16.5. The van der Waals surface area contributed by atoms with E-state index in [1.54, 1.807) is 0 Å². The van der Waals surface area contributed by atoms with Crippen LogP contribution in [0.5, 0.6) is 5.75 Å². The van der Waals surface area contributed by atoms with Gasteiger partial charge in [-0.3, -0.25) is 0 Å². The number of para-hydroxylation sites is 1. The smallest absolute Gasteiger partial charge is 0.125 e. The predicted molar refractivity (Wildman–Crippen MR) is 94.1 cm³/mol. The van der Waals surface area contributed by atoms with Crippen molar-refractivity contribution in [2.24, 2.45) is 0 Å². The van der Waals surface area contributed by atoms with Gasteiger partial charge in [-0.2, -0.15) is 0 Å². The summed E-state index contributed by atoms with van der Waals surface area (Å²) in [6, 6.07) is 12.8. The van der Waals surface area contributed by atoms with Crippen LogP contribution in [0.15, 0.2) is 36.4 Å². The molecule has 0 aliphatic carbocycles. The minimum Gasteiger partial charge on any atom is -0.493 e. The van der Waals surface area contributed by atoms with Gasteiger partial charge in [0.25, 0.3) is 0 Å². The summed E-state index contributed by atoms with van der Waals surface area (Å²) in [5.74, 6) is 1.11. The lowest BCUT2D eigenvalue weighted by Gasteiger charge is -2.32. The van der Waals surface area contributed by atoms with E-state index in [0.29, 0.717) is 0 Å². The second kappa shape index (κ2) is 6.37. The number of hydrogen-bond acceptors (Lipinski definition) is 2. The van der Waals surface area contributed by atoms with Gasteiger partial charge in [-0.05, 0) is 55.5 Å². The summed E-state index contributed by atoms with van der Waals surface area (Å²) in [6.45, 7) is 10.2. The minimum absolute atomic E-state index is 0.0147. The molecule has 2 aliphatic rings. The number of aryl methyl sites for hydroxylation is 2. The molecule has 0 radical (unpaired) electrons. The lowest BCUT2D eigenvalue weighted by atomic mass is 9.90. The third-order valence-corrected chi connectivity index (χ3v) is 4.64. The fourth-order valence-electron chi connectivity index (χ4n) is 3.29. The number of ether oxygens (including phenoxy) is 2. The standard InChI is InChI=1S/C12H16O.C9H10O/c1-9-5-4-6-10-7-12(2,3)13-8-11(9)10;1-7-3-2-4-8-5-6-10-9(7)8/h4-6H,7-8H2,1-3H3;2-4H,5-6H2,1H3. The van der Waals surface area contributed by atoms with Crippen molar-refractivity contribution in [3.63, 3.8) is 0 Å². The average Bonchev–Trinajstić information content (AvgIpc) is 2.97. The fourth-order valence-corrected chi connectivity index (χ4v) is 3.29. The molecule has 0 aromatic heterocycles. The Hall–Kier alpha value is -1.80. The van der Waals surface area contributed by atoms with E-state index in [1.165, 1.54) is 27.8 Å². The monoisotopic (exact) mass is 310 g/mol. The first-order chi connectivity index (χ1) is 11.0. The van der Waals surface area contributed by atoms with Gasteiger partial charge in [-0.25, -0.2) is 0 Å². The van der Waals surface area contributed by atoms with E-state index in [2.05, 4.69) is 64.1 Å². The van der Waals surface area contributed by atoms with Gasteiger partial charge < -0.3 is 9.47 Å². The van der Waals surface area contributed by atoms with Crippen molar-refractivity contribution in [1.29, 1.82) is 0 Å². The fraction of sp³-hybridized carbons (Fsp3) is 0.429. The van der Waals surface area contributed by atoms with Crippen molar-refractivity contribution in [3.05, 3.63) is 64.2 Å². The molecule has 0 spiro atoms. The number of benzene rings is 2. The number of rotatable bonds is 0. The van der Waals surface area contributed by atoms with Gasteiger partial charge in [0.15, 0.2) is 0 Å². The zero-order valence-corrected chi connectivity index (χ0v) is 14.6. The van der Waals surface area contributed by atoms with Crippen molar-refractivity contribution in [1.82, 2.24) is 0 Å². The maximum Gasteiger partial charge on any atom is 0.125 e. The molecule has 4 rings (SSSR count). The molecule has 0 N–H and O–H groups in total. The van der Waals surface area contributed by atoms with Crippen molar-refractivity contribution in [3.8, 4) is 5.75 Å². The zero-order valence-electron chi connectivity index (χ0n) is 14.6. The van der Waals surface area contributed by atoms with Gasteiger partial charge in [-0.15, -0.1) is 0 Å². The molecule has 0 atom stereocenters. The van der Waals surface area contributed by atoms with E-state index in [9.17, 15) is 0 Å². The molecule has 0 unspecified atom stereocenters. The summed E-state index contributed by atoms with van der Waals surface area (Å²) in [5.41, 5.74) is 6.84. The van der Waals surface area contributed by atoms with Gasteiger partial charge in [0, 0.05) is 12.8 Å². The Bertz CT molecular complexity index is 701. The lowest BCUT2D eigenvalue weighted by Crippen LogP contribution is -2.32. The van der Waals surface area contributed by atoms with E-state index in [-0.39, 0.29) is 5.60 Å². The van der Waals surface area contributed by atoms with Crippen LogP contribution in [0.1, 0.15) is 41.7 Å². The lowest BCUT2D eigenvalue weighted by molar-refractivity contribution is -0.0403. The van der Waals surface area contributed by atoms with E-state index in [4.69, 9.17) is 9.47 Å². The molecule has 2 aromatic carbocycles. The van der Waals surface area contributed by atoms with Crippen LogP contribution in [0.3, 0.4) is 0 Å². The molecule has 0 bridgehead atoms. The van der Waals surface area contributed by atoms with Crippen LogP contribution in [-0.4, -0.2) is 12.2 Å². The Balaban J connectivity index is 0.000000140. The van der Waals surface area contributed by atoms with Crippen LogP contribution in [0.4, 0.5) is 0 Å². The minimum atomic E-state index is 0.0147. The van der Waals surface area contributed by atoms with Gasteiger partial charge in [-0.1, -0.05) is 36.4 Å². The van der Waals surface area contributed by atoms with E-state index < -0.39 is 0 Å². The molecule has 2 aromatic rings. The van der Waals surface area contributed by atoms with Gasteiger partial charge in [0.2, 0.25) is 0 Å². The first-order valence-electron chi connectivity index (χ1n) is 8.39. The summed E-state index contributed by atoms with van der Waals surface area (Å²) in [6.07, 6.45) is 2.11. The molecule has 0 saturated carbocycles. The predicted octanol–water partition coefficient (Wildman–Crippen LogP) is 4.78. The van der Waals surface area contributed by atoms with Crippen LogP contribution in [-0.2, 0) is 24.2 Å². The van der Waals surface area contributed by atoms with Gasteiger partial charge >= 0.3 is 0 Å². The normalized spacial score (nSPS) is 17.4. The van der Waals surface area contributed by atoms with E-state index in [1.807, 2.05) is 0 Å². The number of hydrogen-bond donors (Lipinski definition) is 0. The van der Waals surface area contributed by atoms with Crippen molar-refractivity contribution < 1.29 is 9.47 Å². The molecule has 2 aliphatic heterocycles. The molecule has 2 heterocycles. The van der Waals surface area contributed by atoms with Crippen LogP contribution in [0.2, 0.25) is 0 Å². The number of fused-ring (bicyclic) bond motifs is 2. The van der Waals surface area contributed by atoms with E-state index >= 15 is 0 Å². The second-order valence-corrected chi connectivity index (χ2v) is 7.10. The van der Waals surface area contributed by atoms with Gasteiger partial charge in [0.05, 0.1) is 18.8 Å². The Morgan fingerprint density at radius 2 is 1.61 bits per heavy atom. The Kier molecular flexibility index (Phi) is 4.45. The summed E-state index contributed by atoms with van der Waals surface area (Å²) in [5, 5.41) is 0. The first kappa shape index (κ1) is 16.1. The molecule has 0 saturated heterocycles.